The van der Waals surface area contributed by atoms with Crippen LogP contribution in [-0.2, 0) is 9.53 Å². The number of nitrogens with two attached hydrogens (primary N) is 1. The topological polar surface area (TPSA) is 115 Å². The first-order chi connectivity index (χ1) is 14.0. The summed E-state index contributed by atoms with van der Waals surface area (Å²) in [4.78, 5) is 24.8. The number of hydrogen-bond donors (Lipinski definition) is 3. The summed E-state index contributed by atoms with van der Waals surface area (Å²) in [5.41, 5.74) is 9.61. The SMILES string of the molecule is CCC(=O)Nc1ccc(-c2ccc3nc(N)nc(NCCOC(C)C)c3n2)cc1. The minimum Gasteiger partial charge on any atom is -0.377 e. The zero-order valence-corrected chi connectivity index (χ0v) is 16.9. The lowest BCUT2D eigenvalue weighted by Crippen LogP contribution is -2.15. The monoisotopic (exact) mass is 394 g/mol. The van der Waals surface area contributed by atoms with Crippen LogP contribution in [0.5, 0.6) is 0 Å². The zero-order chi connectivity index (χ0) is 20.8. The molecule has 4 N–H and O–H groups in total. The van der Waals surface area contributed by atoms with Gasteiger partial charge in [-0.2, -0.15) is 4.98 Å². The molecule has 2 heterocycles. The average molecular weight is 394 g/mol. The molecule has 29 heavy (non-hydrogen) atoms. The second-order valence-electron chi connectivity index (χ2n) is 6.82. The van der Waals surface area contributed by atoms with Crippen LogP contribution in [0.3, 0.4) is 0 Å². The molecule has 0 bridgehead atoms. The summed E-state index contributed by atoms with van der Waals surface area (Å²) in [5.74, 6) is 0.748. The molecule has 0 radical (unpaired) electrons. The van der Waals surface area contributed by atoms with E-state index >= 15 is 0 Å². The number of nitrogens with one attached hydrogen (secondary N) is 2. The number of nitrogens with zero attached hydrogens (tertiary/aromatic N) is 3. The van der Waals surface area contributed by atoms with E-state index in [-0.39, 0.29) is 18.0 Å². The van der Waals surface area contributed by atoms with Gasteiger partial charge in [0.2, 0.25) is 11.9 Å². The van der Waals surface area contributed by atoms with E-state index in [2.05, 4.69) is 20.6 Å². The van der Waals surface area contributed by atoms with Gasteiger partial charge in [-0.3, -0.25) is 4.79 Å². The first kappa shape index (κ1) is 20.5. The van der Waals surface area contributed by atoms with Gasteiger partial charge in [-0.15, -0.1) is 0 Å². The Hall–Kier alpha value is -3.26. The van der Waals surface area contributed by atoms with Gasteiger partial charge in [-0.1, -0.05) is 19.1 Å². The molecule has 0 atom stereocenters. The van der Waals surface area contributed by atoms with E-state index in [9.17, 15) is 4.79 Å². The van der Waals surface area contributed by atoms with Gasteiger partial charge in [0.05, 0.1) is 23.9 Å². The zero-order valence-electron chi connectivity index (χ0n) is 16.9. The normalized spacial score (nSPS) is 11.0. The van der Waals surface area contributed by atoms with Crippen LogP contribution in [0.2, 0.25) is 0 Å². The minimum absolute atomic E-state index is 0.0199. The van der Waals surface area contributed by atoms with Gasteiger partial charge in [0.15, 0.2) is 5.82 Å². The Morgan fingerprint density at radius 3 is 2.55 bits per heavy atom. The van der Waals surface area contributed by atoms with E-state index in [1.165, 1.54) is 0 Å². The van der Waals surface area contributed by atoms with Crippen LogP contribution in [0.15, 0.2) is 36.4 Å². The molecule has 0 saturated heterocycles. The molecule has 0 aliphatic rings. The van der Waals surface area contributed by atoms with Gasteiger partial charge in [0.25, 0.3) is 0 Å². The number of nitrogen functional groups attached to an aromatic ring is 1. The van der Waals surface area contributed by atoms with Crippen molar-refractivity contribution in [2.24, 2.45) is 0 Å². The maximum atomic E-state index is 11.5. The van der Waals surface area contributed by atoms with E-state index in [1.54, 1.807) is 0 Å². The Morgan fingerprint density at radius 1 is 1.10 bits per heavy atom. The smallest absolute Gasteiger partial charge is 0.224 e. The molecule has 1 amide bonds. The Labute approximate surface area is 169 Å². The van der Waals surface area contributed by atoms with Gasteiger partial charge < -0.3 is 21.1 Å². The highest BCUT2D eigenvalue weighted by molar-refractivity contribution is 5.91. The number of carbonyl (C=O) groups excluding carboxylic acids is 1. The molecule has 0 saturated carbocycles. The number of benzene rings is 1. The van der Waals surface area contributed by atoms with Crippen LogP contribution in [0, 0.1) is 0 Å². The van der Waals surface area contributed by atoms with E-state index in [1.807, 2.05) is 57.2 Å². The number of pyridine rings is 1. The second-order valence-corrected chi connectivity index (χ2v) is 6.82. The average Bonchev–Trinajstić information content (AvgIpc) is 2.71. The van der Waals surface area contributed by atoms with E-state index in [4.69, 9.17) is 15.5 Å². The number of fused-ring (bicyclic) bond motifs is 1. The van der Waals surface area contributed by atoms with Crippen molar-refractivity contribution in [1.29, 1.82) is 0 Å². The van der Waals surface area contributed by atoms with Crippen molar-refractivity contribution in [2.75, 3.05) is 29.5 Å². The van der Waals surface area contributed by atoms with Crippen LogP contribution in [0.1, 0.15) is 27.2 Å². The number of hydrogen-bond acceptors (Lipinski definition) is 7. The second kappa shape index (κ2) is 9.29. The maximum Gasteiger partial charge on any atom is 0.224 e. The molecule has 0 fully saturated rings. The van der Waals surface area contributed by atoms with E-state index < -0.39 is 0 Å². The largest absolute Gasteiger partial charge is 0.377 e. The Kier molecular flexibility index (Phi) is 6.56. The fourth-order valence-corrected chi connectivity index (χ4v) is 2.75. The van der Waals surface area contributed by atoms with Crippen LogP contribution < -0.4 is 16.4 Å². The lowest BCUT2D eigenvalue weighted by molar-refractivity contribution is -0.115. The van der Waals surface area contributed by atoms with Gasteiger partial charge in [0, 0.05) is 24.2 Å². The van der Waals surface area contributed by atoms with Gasteiger partial charge >= 0.3 is 0 Å². The lowest BCUT2D eigenvalue weighted by atomic mass is 10.1. The van der Waals surface area contributed by atoms with Gasteiger partial charge in [-0.25, -0.2) is 9.97 Å². The Balaban J connectivity index is 1.85. The van der Waals surface area contributed by atoms with Crippen molar-refractivity contribution in [2.45, 2.75) is 33.3 Å². The summed E-state index contributed by atoms with van der Waals surface area (Å²) in [6, 6.07) is 11.3. The lowest BCUT2D eigenvalue weighted by Gasteiger charge is -2.12. The van der Waals surface area contributed by atoms with Gasteiger partial charge in [-0.05, 0) is 38.1 Å². The first-order valence-electron chi connectivity index (χ1n) is 9.66. The Morgan fingerprint density at radius 2 is 1.86 bits per heavy atom. The van der Waals surface area contributed by atoms with Crippen molar-refractivity contribution in [3.05, 3.63) is 36.4 Å². The molecule has 1 aromatic carbocycles. The van der Waals surface area contributed by atoms with Crippen LogP contribution in [-0.4, -0.2) is 40.1 Å². The molecule has 0 spiro atoms. The minimum atomic E-state index is -0.0199. The molecular formula is C21H26N6O2. The third-order valence-corrected chi connectivity index (χ3v) is 4.19. The molecule has 2 aromatic heterocycles. The number of anilines is 3. The number of aromatic nitrogens is 3. The molecule has 0 aliphatic heterocycles. The molecule has 8 heteroatoms. The van der Waals surface area contributed by atoms with Crippen molar-refractivity contribution >= 4 is 34.4 Å². The van der Waals surface area contributed by atoms with Gasteiger partial charge in [0.1, 0.15) is 5.52 Å². The highest BCUT2D eigenvalue weighted by atomic mass is 16.5. The highest BCUT2D eigenvalue weighted by Gasteiger charge is 2.10. The van der Waals surface area contributed by atoms with Crippen molar-refractivity contribution in [1.82, 2.24) is 15.0 Å². The van der Waals surface area contributed by atoms with E-state index in [0.29, 0.717) is 36.4 Å². The number of carbonyl (C=O) groups is 1. The molecule has 152 valence electrons. The van der Waals surface area contributed by atoms with Crippen molar-refractivity contribution in [3.63, 3.8) is 0 Å². The number of amides is 1. The molecule has 0 unspecified atom stereocenters. The van der Waals surface area contributed by atoms with Crippen LogP contribution >= 0.6 is 0 Å². The third kappa shape index (κ3) is 5.39. The molecule has 0 aliphatic carbocycles. The quantitative estimate of drug-likeness (QED) is 0.501. The summed E-state index contributed by atoms with van der Waals surface area (Å²) in [5, 5.41) is 6.07. The predicted molar refractivity (Wildman–Crippen MR) is 116 cm³/mol. The van der Waals surface area contributed by atoms with Crippen LogP contribution in [0.4, 0.5) is 17.5 Å². The molecular weight excluding hydrogens is 368 g/mol. The summed E-state index contributed by atoms with van der Waals surface area (Å²) in [6.45, 7) is 6.93. The van der Waals surface area contributed by atoms with E-state index in [0.717, 1.165) is 16.9 Å². The fraction of sp³-hybridized carbons (Fsp3) is 0.333. The number of rotatable bonds is 8. The highest BCUT2D eigenvalue weighted by Crippen LogP contribution is 2.25. The molecule has 3 aromatic rings. The molecule has 8 nitrogen and oxygen atoms in total. The summed E-state index contributed by atoms with van der Waals surface area (Å²) < 4.78 is 5.56. The predicted octanol–water partition coefficient (Wildman–Crippen LogP) is 3.46. The summed E-state index contributed by atoms with van der Waals surface area (Å²) in [7, 11) is 0. The van der Waals surface area contributed by atoms with Crippen molar-refractivity contribution in [3.8, 4) is 11.3 Å². The summed E-state index contributed by atoms with van der Waals surface area (Å²) in [6.07, 6.45) is 0.605. The Bertz CT molecular complexity index is 988. The van der Waals surface area contributed by atoms with Crippen LogP contribution in [0.25, 0.3) is 22.3 Å². The standard InChI is InChI=1S/C21H26N6O2/c1-4-18(28)24-15-7-5-14(6-8-15)16-9-10-17-19(25-16)20(27-21(22)26-17)23-11-12-29-13(2)3/h5-10,13H,4,11-12H2,1-3H3,(H,24,28)(H3,22,23,26,27). The third-order valence-electron chi connectivity index (χ3n) is 4.19. The fourth-order valence-electron chi connectivity index (χ4n) is 2.75. The summed E-state index contributed by atoms with van der Waals surface area (Å²) >= 11 is 0. The van der Waals surface area contributed by atoms with Crippen molar-refractivity contribution < 1.29 is 9.53 Å². The molecule has 3 rings (SSSR count). The first-order valence-corrected chi connectivity index (χ1v) is 9.66. The maximum absolute atomic E-state index is 11.5. The number of ether oxygens (including phenoxy) is 1.